The molecule has 1 aromatic carbocycles. The number of amides is 1. The molecule has 0 aromatic heterocycles. The zero-order chi connectivity index (χ0) is 15.1. The van der Waals surface area contributed by atoms with E-state index < -0.39 is 0 Å². The number of rotatable bonds is 6. The van der Waals surface area contributed by atoms with E-state index in [0.717, 1.165) is 32.7 Å². The predicted octanol–water partition coefficient (Wildman–Crippen LogP) is 1.12. The van der Waals surface area contributed by atoms with E-state index in [0.29, 0.717) is 24.9 Å². The number of carbonyl (C=O) groups excluding carboxylic acids is 1. The van der Waals surface area contributed by atoms with Crippen molar-refractivity contribution >= 4 is 5.91 Å². The van der Waals surface area contributed by atoms with E-state index in [1.807, 2.05) is 6.07 Å². The lowest BCUT2D eigenvalue weighted by molar-refractivity contribution is -0.121. The second-order valence-corrected chi connectivity index (χ2v) is 5.59. The SMILES string of the molecule is CN1CCN(CCC(=O)NCCc2ccccc2F)CC1. The number of nitrogens with one attached hydrogen (secondary N) is 1. The molecule has 1 aliphatic heterocycles. The van der Waals surface area contributed by atoms with Crippen molar-refractivity contribution in [1.29, 1.82) is 0 Å². The van der Waals surface area contributed by atoms with Gasteiger partial charge in [0.1, 0.15) is 5.82 Å². The fourth-order valence-electron chi connectivity index (χ4n) is 2.46. The van der Waals surface area contributed by atoms with Crippen LogP contribution < -0.4 is 5.32 Å². The minimum absolute atomic E-state index is 0.0465. The lowest BCUT2D eigenvalue weighted by Gasteiger charge is -2.32. The molecule has 2 rings (SSSR count). The van der Waals surface area contributed by atoms with Gasteiger partial charge in [0.05, 0.1) is 0 Å². The molecule has 21 heavy (non-hydrogen) atoms. The monoisotopic (exact) mass is 293 g/mol. The van der Waals surface area contributed by atoms with Crippen LogP contribution in [-0.4, -0.2) is 62.0 Å². The minimum atomic E-state index is -0.204. The molecule has 1 saturated heterocycles. The summed E-state index contributed by atoms with van der Waals surface area (Å²) in [6, 6.07) is 6.69. The maximum absolute atomic E-state index is 13.4. The largest absolute Gasteiger partial charge is 0.356 e. The molecule has 0 atom stereocenters. The van der Waals surface area contributed by atoms with E-state index in [4.69, 9.17) is 0 Å². The normalized spacial score (nSPS) is 16.9. The number of piperazine rings is 1. The zero-order valence-corrected chi connectivity index (χ0v) is 12.6. The van der Waals surface area contributed by atoms with Gasteiger partial charge in [-0.1, -0.05) is 18.2 Å². The van der Waals surface area contributed by atoms with Gasteiger partial charge in [-0.15, -0.1) is 0 Å². The van der Waals surface area contributed by atoms with E-state index in [9.17, 15) is 9.18 Å². The van der Waals surface area contributed by atoms with Crippen LogP contribution in [0.1, 0.15) is 12.0 Å². The standard InChI is InChI=1S/C16H24FN3O/c1-19-10-12-20(13-11-19)9-7-16(21)18-8-6-14-4-2-3-5-15(14)17/h2-5H,6-13H2,1H3,(H,18,21). The second kappa shape index (κ2) is 8.10. The minimum Gasteiger partial charge on any atom is -0.356 e. The first-order valence-corrected chi connectivity index (χ1v) is 7.56. The van der Waals surface area contributed by atoms with Crippen LogP contribution in [0.5, 0.6) is 0 Å². The van der Waals surface area contributed by atoms with Crippen molar-refractivity contribution in [2.45, 2.75) is 12.8 Å². The van der Waals surface area contributed by atoms with Gasteiger partial charge in [0.25, 0.3) is 0 Å². The van der Waals surface area contributed by atoms with Crippen molar-refractivity contribution in [3.8, 4) is 0 Å². The van der Waals surface area contributed by atoms with Crippen molar-refractivity contribution in [2.75, 3.05) is 46.3 Å². The van der Waals surface area contributed by atoms with Gasteiger partial charge in [0.15, 0.2) is 0 Å². The molecule has 1 heterocycles. The number of benzene rings is 1. The number of carbonyl (C=O) groups is 1. The molecule has 4 nitrogen and oxygen atoms in total. The summed E-state index contributed by atoms with van der Waals surface area (Å²) in [4.78, 5) is 16.4. The number of nitrogens with zero attached hydrogens (tertiary/aromatic N) is 2. The molecule has 1 amide bonds. The molecular formula is C16H24FN3O. The van der Waals surface area contributed by atoms with Crippen molar-refractivity contribution < 1.29 is 9.18 Å². The van der Waals surface area contributed by atoms with Gasteiger partial charge < -0.3 is 15.1 Å². The van der Waals surface area contributed by atoms with E-state index in [2.05, 4.69) is 22.2 Å². The van der Waals surface area contributed by atoms with Crippen molar-refractivity contribution in [2.24, 2.45) is 0 Å². The average molecular weight is 293 g/mol. The van der Waals surface area contributed by atoms with Crippen molar-refractivity contribution in [3.63, 3.8) is 0 Å². The molecule has 1 aliphatic rings. The van der Waals surface area contributed by atoms with Crippen LogP contribution in [-0.2, 0) is 11.2 Å². The van der Waals surface area contributed by atoms with Crippen LogP contribution in [0, 0.1) is 5.82 Å². The number of halogens is 1. The molecule has 0 bridgehead atoms. The fourth-order valence-corrected chi connectivity index (χ4v) is 2.46. The highest BCUT2D eigenvalue weighted by Crippen LogP contribution is 2.06. The Kier molecular flexibility index (Phi) is 6.14. The van der Waals surface area contributed by atoms with Crippen molar-refractivity contribution in [1.82, 2.24) is 15.1 Å². The molecular weight excluding hydrogens is 269 g/mol. The lowest BCUT2D eigenvalue weighted by Crippen LogP contribution is -2.45. The van der Waals surface area contributed by atoms with Gasteiger partial charge in [-0.25, -0.2) is 4.39 Å². The maximum atomic E-state index is 13.4. The van der Waals surface area contributed by atoms with Crippen LogP contribution >= 0.6 is 0 Å². The highest BCUT2D eigenvalue weighted by atomic mass is 19.1. The van der Waals surface area contributed by atoms with Crippen molar-refractivity contribution in [3.05, 3.63) is 35.6 Å². The Morgan fingerprint density at radius 1 is 1.24 bits per heavy atom. The van der Waals surface area contributed by atoms with E-state index in [1.54, 1.807) is 12.1 Å². The van der Waals surface area contributed by atoms with Gasteiger partial charge in [0.2, 0.25) is 5.91 Å². The third kappa shape index (κ3) is 5.44. The topological polar surface area (TPSA) is 35.6 Å². The van der Waals surface area contributed by atoms with Crippen LogP contribution in [0.4, 0.5) is 4.39 Å². The molecule has 5 heteroatoms. The van der Waals surface area contributed by atoms with Gasteiger partial charge >= 0.3 is 0 Å². The Morgan fingerprint density at radius 3 is 2.67 bits per heavy atom. The Morgan fingerprint density at radius 2 is 1.95 bits per heavy atom. The van der Waals surface area contributed by atoms with Crippen LogP contribution in [0.15, 0.2) is 24.3 Å². The summed E-state index contributed by atoms with van der Waals surface area (Å²) in [7, 11) is 2.12. The molecule has 1 aromatic rings. The molecule has 0 unspecified atom stereocenters. The lowest BCUT2D eigenvalue weighted by atomic mass is 10.1. The van der Waals surface area contributed by atoms with E-state index >= 15 is 0 Å². The van der Waals surface area contributed by atoms with Gasteiger partial charge in [-0.3, -0.25) is 4.79 Å². The third-order valence-electron chi connectivity index (χ3n) is 3.93. The predicted molar refractivity (Wildman–Crippen MR) is 81.7 cm³/mol. The first-order valence-electron chi connectivity index (χ1n) is 7.56. The highest BCUT2D eigenvalue weighted by Gasteiger charge is 2.14. The summed E-state index contributed by atoms with van der Waals surface area (Å²) in [5, 5.41) is 2.86. The van der Waals surface area contributed by atoms with Crippen LogP contribution in [0.3, 0.4) is 0 Å². The molecule has 1 N–H and O–H groups in total. The van der Waals surface area contributed by atoms with Crippen LogP contribution in [0.2, 0.25) is 0 Å². The summed E-state index contributed by atoms with van der Waals surface area (Å²) < 4.78 is 13.4. The quantitative estimate of drug-likeness (QED) is 0.854. The van der Waals surface area contributed by atoms with E-state index in [-0.39, 0.29) is 11.7 Å². The summed E-state index contributed by atoms with van der Waals surface area (Å²) >= 11 is 0. The van der Waals surface area contributed by atoms with Gasteiger partial charge in [-0.2, -0.15) is 0 Å². The fraction of sp³-hybridized carbons (Fsp3) is 0.562. The molecule has 0 radical (unpaired) electrons. The summed E-state index contributed by atoms with van der Waals surface area (Å²) in [6.45, 7) is 5.48. The number of likely N-dealkylation sites (N-methyl/N-ethyl adjacent to an activating group) is 1. The number of hydrogen-bond acceptors (Lipinski definition) is 3. The average Bonchev–Trinajstić information content (AvgIpc) is 2.49. The highest BCUT2D eigenvalue weighted by molar-refractivity contribution is 5.76. The van der Waals surface area contributed by atoms with Crippen LogP contribution in [0.25, 0.3) is 0 Å². The summed E-state index contributed by atoms with van der Waals surface area (Å²) in [5.74, 6) is -0.158. The van der Waals surface area contributed by atoms with E-state index in [1.165, 1.54) is 6.07 Å². The van der Waals surface area contributed by atoms with Gasteiger partial charge in [-0.05, 0) is 25.1 Å². The Labute approximate surface area is 125 Å². The summed E-state index contributed by atoms with van der Waals surface area (Å²) in [6.07, 6.45) is 1.05. The summed E-state index contributed by atoms with van der Waals surface area (Å²) in [5.41, 5.74) is 0.650. The number of hydrogen-bond donors (Lipinski definition) is 1. The molecule has 116 valence electrons. The molecule has 1 fully saturated rings. The first kappa shape index (κ1) is 15.9. The second-order valence-electron chi connectivity index (χ2n) is 5.59. The third-order valence-corrected chi connectivity index (χ3v) is 3.93. The maximum Gasteiger partial charge on any atom is 0.221 e. The Balaban J connectivity index is 1.61. The molecule has 0 spiro atoms. The zero-order valence-electron chi connectivity index (χ0n) is 12.6. The van der Waals surface area contributed by atoms with Gasteiger partial charge in [0, 0.05) is 45.7 Å². The molecule has 0 saturated carbocycles. The smallest absolute Gasteiger partial charge is 0.221 e. The first-order chi connectivity index (χ1) is 10.1. The Bertz CT molecular complexity index is 459. The Hall–Kier alpha value is -1.46. The molecule has 0 aliphatic carbocycles.